The Hall–Kier alpha value is -2.33. The Morgan fingerprint density at radius 2 is 1.71 bits per heavy atom. The summed E-state index contributed by atoms with van der Waals surface area (Å²) in [7, 11) is 0. The molecule has 0 aliphatic carbocycles. The van der Waals surface area contributed by atoms with Crippen LogP contribution in [-0.2, 0) is 17.8 Å². The van der Waals surface area contributed by atoms with E-state index in [9.17, 15) is 4.79 Å². The molecular weight excluding hydrogens is 266 g/mol. The second-order valence-corrected chi connectivity index (χ2v) is 4.98. The minimum absolute atomic E-state index is 0.0216. The number of rotatable bonds is 7. The van der Waals surface area contributed by atoms with Crippen LogP contribution in [0.5, 0.6) is 5.75 Å². The zero-order valence-corrected chi connectivity index (χ0v) is 11.7. The summed E-state index contributed by atoms with van der Waals surface area (Å²) in [5.41, 5.74) is 7.89. The van der Waals surface area contributed by atoms with Gasteiger partial charge in [-0.05, 0) is 29.7 Å². The number of aliphatic carboxylic acids is 1. The zero-order valence-electron chi connectivity index (χ0n) is 11.7. The summed E-state index contributed by atoms with van der Waals surface area (Å²) >= 11 is 0. The highest BCUT2D eigenvalue weighted by atomic mass is 16.5. The normalized spacial score (nSPS) is 11.9. The van der Waals surface area contributed by atoms with Gasteiger partial charge >= 0.3 is 5.97 Å². The first-order chi connectivity index (χ1) is 10.1. The van der Waals surface area contributed by atoms with Gasteiger partial charge in [-0.25, -0.2) is 0 Å². The summed E-state index contributed by atoms with van der Waals surface area (Å²) in [6.07, 6.45) is 0.525. The van der Waals surface area contributed by atoms with Gasteiger partial charge in [-0.2, -0.15) is 0 Å². The molecule has 0 aromatic heterocycles. The van der Waals surface area contributed by atoms with Crippen LogP contribution in [-0.4, -0.2) is 17.1 Å². The lowest BCUT2D eigenvalue weighted by Crippen LogP contribution is -2.26. The van der Waals surface area contributed by atoms with Crippen LogP contribution in [0.2, 0.25) is 0 Å². The van der Waals surface area contributed by atoms with E-state index < -0.39 is 5.97 Å². The maximum atomic E-state index is 10.6. The van der Waals surface area contributed by atoms with Gasteiger partial charge in [0.05, 0.1) is 6.42 Å². The van der Waals surface area contributed by atoms with Crippen LogP contribution in [0.1, 0.15) is 17.5 Å². The fourth-order valence-corrected chi connectivity index (χ4v) is 2.06. The lowest BCUT2D eigenvalue weighted by Gasteiger charge is -2.10. The van der Waals surface area contributed by atoms with E-state index >= 15 is 0 Å². The minimum atomic E-state index is -0.870. The number of carboxylic acid groups (broad SMARTS) is 1. The molecule has 0 heterocycles. The van der Waals surface area contributed by atoms with Crippen molar-refractivity contribution in [1.82, 2.24) is 0 Å². The number of carboxylic acids is 1. The highest BCUT2D eigenvalue weighted by Gasteiger charge is 2.08. The predicted octanol–water partition coefficient (Wildman–Crippen LogP) is 2.61. The highest BCUT2D eigenvalue weighted by Crippen LogP contribution is 2.15. The van der Waals surface area contributed by atoms with Crippen LogP contribution in [0.15, 0.2) is 54.6 Å². The van der Waals surface area contributed by atoms with Crippen molar-refractivity contribution in [2.45, 2.75) is 25.5 Å². The van der Waals surface area contributed by atoms with Crippen LogP contribution < -0.4 is 10.5 Å². The van der Waals surface area contributed by atoms with Gasteiger partial charge in [-0.1, -0.05) is 42.5 Å². The minimum Gasteiger partial charge on any atom is -0.489 e. The maximum absolute atomic E-state index is 10.6. The van der Waals surface area contributed by atoms with Crippen molar-refractivity contribution < 1.29 is 14.6 Å². The molecule has 0 aliphatic rings. The van der Waals surface area contributed by atoms with Gasteiger partial charge < -0.3 is 15.6 Å². The smallest absolute Gasteiger partial charge is 0.304 e. The van der Waals surface area contributed by atoms with E-state index in [2.05, 4.69) is 0 Å². The highest BCUT2D eigenvalue weighted by molar-refractivity contribution is 5.67. The number of carbonyl (C=O) groups is 1. The second kappa shape index (κ2) is 7.45. The summed E-state index contributed by atoms with van der Waals surface area (Å²) in [5.74, 6) is -0.0836. The first-order valence-electron chi connectivity index (χ1n) is 6.86. The number of nitrogens with two attached hydrogens (primary N) is 1. The summed E-state index contributed by atoms with van der Waals surface area (Å²) in [6, 6.07) is 17.2. The molecule has 3 N–H and O–H groups in total. The van der Waals surface area contributed by atoms with Crippen molar-refractivity contribution in [1.29, 1.82) is 0 Å². The Kier molecular flexibility index (Phi) is 5.35. The van der Waals surface area contributed by atoms with Crippen molar-refractivity contribution in [2.75, 3.05) is 0 Å². The lowest BCUT2D eigenvalue weighted by molar-refractivity contribution is -0.137. The molecule has 0 saturated carbocycles. The summed E-state index contributed by atoms with van der Waals surface area (Å²) in [5, 5.41) is 8.68. The molecule has 0 radical (unpaired) electrons. The van der Waals surface area contributed by atoms with Gasteiger partial charge in [-0.3, -0.25) is 4.79 Å². The van der Waals surface area contributed by atoms with E-state index in [0.717, 1.165) is 16.9 Å². The summed E-state index contributed by atoms with van der Waals surface area (Å²) < 4.78 is 5.69. The van der Waals surface area contributed by atoms with Crippen LogP contribution in [0.3, 0.4) is 0 Å². The van der Waals surface area contributed by atoms with Crippen LogP contribution in [0.25, 0.3) is 0 Å². The number of benzene rings is 2. The van der Waals surface area contributed by atoms with Crippen molar-refractivity contribution in [3.05, 3.63) is 65.7 Å². The largest absolute Gasteiger partial charge is 0.489 e. The Bertz CT molecular complexity index is 566. The molecule has 4 heteroatoms. The predicted molar refractivity (Wildman–Crippen MR) is 81.1 cm³/mol. The first-order valence-corrected chi connectivity index (χ1v) is 6.86. The SMILES string of the molecule is N[C@@H](CC(=O)O)Cc1ccc(OCc2ccccc2)cc1. The second-order valence-electron chi connectivity index (χ2n) is 4.98. The Morgan fingerprint density at radius 3 is 2.33 bits per heavy atom. The van der Waals surface area contributed by atoms with E-state index in [1.807, 2.05) is 54.6 Å². The van der Waals surface area contributed by atoms with Gasteiger partial charge in [0.25, 0.3) is 0 Å². The third-order valence-electron chi connectivity index (χ3n) is 3.11. The fraction of sp³-hybridized carbons (Fsp3) is 0.235. The van der Waals surface area contributed by atoms with Gasteiger partial charge in [0.2, 0.25) is 0 Å². The van der Waals surface area contributed by atoms with Crippen molar-refractivity contribution in [3.63, 3.8) is 0 Å². The monoisotopic (exact) mass is 285 g/mol. The third kappa shape index (κ3) is 5.28. The molecule has 2 aromatic carbocycles. The molecule has 0 unspecified atom stereocenters. The molecule has 0 amide bonds. The molecule has 1 atom stereocenters. The van der Waals surface area contributed by atoms with Gasteiger partial charge in [0.1, 0.15) is 12.4 Å². The average molecular weight is 285 g/mol. The third-order valence-corrected chi connectivity index (χ3v) is 3.11. The van der Waals surface area contributed by atoms with Crippen LogP contribution in [0, 0.1) is 0 Å². The van der Waals surface area contributed by atoms with Crippen LogP contribution >= 0.6 is 0 Å². The molecule has 0 bridgehead atoms. The molecule has 110 valence electrons. The van der Waals surface area contributed by atoms with Crippen molar-refractivity contribution in [3.8, 4) is 5.75 Å². The van der Waals surface area contributed by atoms with Gasteiger partial charge in [0.15, 0.2) is 0 Å². The molecule has 4 nitrogen and oxygen atoms in total. The summed E-state index contributed by atoms with van der Waals surface area (Å²) in [6.45, 7) is 0.527. The molecule has 2 rings (SSSR count). The Balaban J connectivity index is 1.85. The van der Waals surface area contributed by atoms with Crippen molar-refractivity contribution in [2.24, 2.45) is 5.73 Å². The average Bonchev–Trinajstić information content (AvgIpc) is 2.47. The maximum Gasteiger partial charge on any atom is 0.304 e. The summed E-state index contributed by atoms with van der Waals surface area (Å²) in [4.78, 5) is 10.6. The fourth-order valence-electron chi connectivity index (χ4n) is 2.06. The molecule has 0 spiro atoms. The Labute approximate surface area is 124 Å². The molecule has 0 saturated heterocycles. The first kappa shape index (κ1) is 15.1. The molecule has 21 heavy (non-hydrogen) atoms. The molecule has 0 aliphatic heterocycles. The number of hydrogen-bond donors (Lipinski definition) is 2. The Morgan fingerprint density at radius 1 is 1.05 bits per heavy atom. The van der Waals surface area contributed by atoms with Crippen LogP contribution in [0.4, 0.5) is 0 Å². The zero-order chi connectivity index (χ0) is 15.1. The van der Waals surface area contributed by atoms with Gasteiger partial charge in [0, 0.05) is 6.04 Å². The van der Waals surface area contributed by atoms with E-state index in [4.69, 9.17) is 15.6 Å². The quantitative estimate of drug-likeness (QED) is 0.820. The molecule has 2 aromatic rings. The molecule has 0 fully saturated rings. The molecular formula is C17H19NO3. The lowest BCUT2D eigenvalue weighted by atomic mass is 10.0. The topological polar surface area (TPSA) is 72.6 Å². The standard InChI is InChI=1S/C17H19NO3/c18-15(11-17(19)20)10-13-6-8-16(9-7-13)21-12-14-4-2-1-3-5-14/h1-9,15H,10-12,18H2,(H,19,20)/t15-/m1/s1. The number of hydrogen-bond acceptors (Lipinski definition) is 3. The van der Waals surface area contributed by atoms with E-state index in [1.54, 1.807) is 0 Å². The van der Waals surface area contributed by atoms with Gasteiger partial charge in [-0.15, -0.1) is 0 Å². The van der Waals surface area contributed by atoms with E-state index in [0.29, 0.717) is 13.0 Å². The van der Waals surface area contributed by atoms with E-state index in [1.165, 1.54) is 0 Å². The van der Waals surface area contributed by atoms with E-state index in [-0.39, 0.29) is 12.5 Å². The number of ether oxygens (including phenoxy) is 1. The van der Waals surface area contributed by atoms with Crippen molar-refractivity contribution >= 4 is 5.97 Å².